The molecule has 0 fully saturated rings. The Morgan fingerprint density at radius 3 is 2.57 bits per heavy atom. The van der Waals surface area contributed by atoms with E-state index in [-0.39, 0.29) is 12.0 Å². The van der Waals surface area contributed by atoms with Crippen molar-refractivity contribution in [1.82, 2.24) is 0 Å². The summed E-state index contributed by atoms with van der Waals surface area (Å²) in [5, 5.41) is 9.73. The maximum absolute atomic E-state index is 9.73. The summed E-state index contributed by atoms with van der Waals surface area (Å²) in [5.74, 6) is 0. The number of rotatable bonds is 5. The van der Waals surface area contributed by atoms with Crippen LogP contribution >= 0.6 is 0 Å². The van der Waals surface area contributed by atoms with Crippen LogP contribution in [0.3, 0.4) is 0 Å². The summed E-state index contributed by atoms with van der Waals surface area (Å²) >= 11 is 0. The van der Waals surface area contributed by atoms with Gasteiger partial charge >= 0.3 is 0 Å². The van der Waals surface area contributed by atoms with Gasteiger partial charge in [0.25, 0.3) is 0 Å². The minimum Gasteiger partial charge on any atom is -0.395 e. The summed E-state index contributed by atoms with van der Waals surface area (Å²) in [6.45, 7) is 10.8. The minimum atomic E-state index is -0.0729. The van der Waals surface area contributed by atoms with Crippen molar-refractivity contribution in [3.05, 3.63) is 58.7 Å². The van der Waals surface area contributed by atoms with E-state index in [9.17, 15) is 5.11 Å². The largest absolute Gasteiger partial charge is 0.395 e. The number of hydrogen-bond acceptors (Lipinski definition) is 1. The topological polar surface area (TPSA) is 20.2 Å². The van der Waals surface area contributed by atoms with Crippen molar-refractivity contribution in [3.63, 3.8) is 0 Å². The van der Waals surface area contributed by atoms with Crippen LogP contribution in [0.4, 0.5) is 0 Å². The first-order valence-corrected chi connectivity index (χ1v) is 7.90. The van der Waals surface area contributed by atoms with Crippen LogP contribution in [-0.4, -0.2) is 11.7 Å². The molecule has 1 aliphatic carbocycles. The van der Waals surface area contributed by atoms with Crippen LogP contribution in [-0.2, 0) is 0 Å². The molecular weight excluding hydrogens is 256 g/mol. The van der Waals surface area contributed by atoms with Crippen molar-refractivity contribution in [2.24, 2.45) is 5.41 Å². The molecule has 0 spiro atoms. The third-order valence-electron chi connectivity index (χ3n) is 4.43. The summed E-state index contributed by atoms with van der Waals surface area (Å²) in [4.78, 5) is 0. The van der Waals surface area contributed by atoms with Gasteiger partial charge in [-0.25, -0.2) is 0 Å². The molecule has 1 rings (SSSR count). The molecular formula is C20H30O. The third kappa shape index (κ3) is 5.17. The third-order valence-corrected chi connectivity index (χ3v) is 4.43. The Bertz CT molecular complexity index is 500. The smallest absolute Gasteiger partial charge is 0.0525 e. The van der Waals surface area contributed by atoms with Crippen LogP contribution in [0.15, 0.2) is 58.7 Å². The molecule has 116 valence electrons. The first-order chi connectivity index (χ1) is 9.92. The van der Waals surface area contributed by atoms with E-state index in [1.54, 1.807) is 0 Å². The van der Waals surface area contributed by atoms with Gasteiger partial charge < -0.3 is 5.11 Å². The van der Waals surface area contributed by atoms with Gasteiger partial charge in [0.1, 0.15) is 0 Å². The lowest BCUT2D eigenvalue weighted by molar-refractivity contribution is 0.159. The van der Waals surface area contributed by atoms with E-state index in [1.165, 1.54) is 28.7 Å². The second-order valence-electron chi connectivity index (χ2n) is 6.40. The van der Waals surface area contributed by atoms with Crippen molar-refractivity contribution in [3.8, 4) is 0 Å². The molecule has 0 radical (unpaired) electrons. The van der Waals surface area contributed by atoms with Crippen LogP contribution < -0.4 is 0 Å². The highest BCUT2D eigenvalue weighted by Crippen LogP contribution is 2.40. The highest BCUT2D eigenvalue weighted by atomic mass is 16.3. The van der Waals surface area contributed by atoms with Gasteiger partial charge in [0.2, 0.25) is 0 Å². The van der Waals surface area contributed by atoms with Crippen molar-refractivity contribution in [2.75, 3.05) is 6.61 Å². The Kier molecular flexibility index (Phi) is 6.91. The van der Waals surface area contributed by atoms with Gasteiger partial charge in [-0.2, -0.15) is 0 Å². The molecule has 1 nitrogen and oxygen atoms in total. The van der Waals surface area contributed by atoms with E-state index in [2.05, 4.69) is 64.2 Å². The predicted octanol–water partition coefficient (Wildman–Crippen LogP) is 5.51. The molecule has 0 aliphatic heterocycles. The number of aliphatic hydroxyl groups excluding tert-OH is 1. The van der Waals surface area contributed by atoms with E-state index in [4.69, 9.17) is 0 Å². The molecule has 0 bridgehead atoms. The van der Waals surface area contributed by atoms with Crippen molar-refractivity contribution in [1.29, 1.82) is 0 Å². The monoisotopic (exact) mass is 286 g/mol. The minimum absolute atomic E-state index is 0.0729. The molecule has 0 saturated carbocycles. The normalized spacial score (nSPS) is 25.4. The quantitative estimate of drug-likeness (QED) is 0.661. The Labute approximate surface area is 130 Å². The Balaban J connectivity index is 2.87. The first kappa shape index (κ1) is 17.7. The van der Waals surface area contributed by atoms with E-state index in [0.717, 1.165) is 12.8 Å². The Morgan fingerprint density at radius 1 is 1.24 bits per heavy atom. The number of aliphatic hydroxyl groups is 1. The van der Waals surface area contributed by atoms with Crippen molar-refractivity contribution >= 4 is 0 Å². The number of allylic oxidation sites excluding steroid dienone is 9. The molecule has 0 aromatic rings. The molecule has 1 heteroatoms. The average molecular weight is 286 g/mol. The fourth-order valence-electron chi connectivity index (χ4n) is 2.75. The van der Waals surface area contributed by atoms with Crippen LogP contribution in [0, 0.1) is 5.41 Å². The molecule has 1 aliphatic rings. The van der Waals surface area contributed by atoms with Gasteiger partial charge in [0, 0.05) is 5.41 Å². The fraction of sp³-hybridized carbons (Fsp3) is 0.500. The highest BCUT2D eigenvalue weighted by molar-refractivity contribution is 5.37. The van der Waals surface area contributed by atoms with Crippen LogP contribution in [0.25, 0.3) is 0 Å². The van der Waals surface area contributed by atoms with Crippen LogP contribution in [0.1, 0.15) is 53.9 Å². The second-order valence-corrected chi connectivity index (χ2v) is 6.40. The first-order valence-electron chi connectivity index (χ1n) is 7.90. The molecule has 0 aromatic heterocycles. The average Bonchev–Trinajstić information content (AvgIpc) is 2.46. The number of hydrogen-bond donors (Lipinski definition) is 1. The van der Waals surface area contributed by atoms with Gasteiger partial charge in [-0.1, -0.05) is 60.1 Å². The van der Waals surface area contributed by atoms with E-state index in [0.29, 0.717) is 0 Å². The highest BCUT2D eigenvalue weighted by Gasteiger charge is 2.30. The summed E-state index contributed by atoms with van der Waals surface area (Å²) in [7, 11) is 0. The summed E-state index contributed by atoms with van der Waals surface area (Å²) in [6, 6.07) is 0. The Morgan fingerprint density at radius 2 is 1.95 bits per heavy atom. The second kappa shape index (κ2) is 8.19. The molecule has 1 unspecified atom stereocenters. The standard InChI is InChI=1S/C20H30O/c1-6-16(2)9-7-10-17(3)12-13-19-18(4)11-8-14-20(19,5)15-21/h6-7,9-10,12-13,21H,8,11,14-15H2,1-5H3. The molecule has 0 heterocycles. The molecule has 1 N–H and O–H groups in total. The van der Waals surface area contributed by atoms with Crippen molar-refractivity contribution < 1.29 is 5.11 Å². The SMILES string of the molecule is CC=C(C)C=CC=C(C)C=CC1=C(C)CCCC1(C)CO. The van der Waals surface area contributed by atoms with E-state index in [1.807, 2.05) is 6.92 Å². The van der Waals surface area contributed by atoms with Gasteiger partial charge in [0.15, 0.2) is 0 Å². The van der Waals surface area contributed by atoms with Crippen LogP contribution in [0.2, 0.25) is 0 Å². The lowest BCUT2D eigenvalue weighted by Gasteiger charge is -2.34. The maximum atomic E-state index is 9.73. The molecule has 21 heavy (non-hydrogen) atoms. The summed E-state index contributed by atoms with van der Waals surface area (Å²) < 4.78 is 0. The lowest BCUT2D eigenvalue weighted by atomic mass is 9.71. The van der Waals surface area contributed by atoms with Gasteiger partial charge in [-0.3, -0.25) is 0 Å². The van der Waals surface area contributed by atoms with Gasteiger partial charge in [0.05, 0.1) is 6.61 Å². The van der Waals surface area contributed by atoms with Crippen LogP contribution in [0.5, 0.6) is 0 Å². The molecule has 0 saturated heterocycles. The maximum Gasteiger partial charge on any atom is 0.0525 e. The van der Waals surface area contributed by atoms with E-state index >= 15 is 0 Å². The lowest BCUT2D eigenvalue weighted by Crippen LogP contribution is -2.27. The zero-order chi connectivity index (χ0) is 15.9. The van der Waals surface area contributed by atoms with Gasteiger partial charge in [-0.15, -0.1) is 0 Å². The predicted molar refractivity (Wildman–Crippen MR) is 93.2 cm³/mol. The summed E-state index contributed by atoms with van der Waals surface area (Å²) in [6.07, 6.45) is 16.2. The molecule has 0 aromatic carbocycles. The zero-order valence-electron chi connectivity index (χ0n) is 14.2. The molecule has 0 amide bonds. The molecule has 1 atom stereocenters. The van der Waals surface area contributed by atoms with Gasteiger partial charge in [-0.05, 0) is 52.5 Å². The zero-order valence-corrected chi connectivity index (χ0v) is 14.2. The Hall–Kier alpha value is -1.34. The summed E-state index contributed by atoms with van der Waals surface area (Å²) in [5.41, 5.74) is 5.15. The van der Waals surface area contributed by atoms with E-state index < -0.39 is 0 Å². The fourth-order valence-corrected chi connectivity index (χ4v) is 2.75. The van der Waals surface area contributed by atoms with Crippen molar-refractivity contribution in [2.45, 2.75) is 53.9 Å².